The highest BCUT2D eigenvalue weighted by atomic mass is 16.6. The first-order valence-electron chi connectivity index (χ1n) is 7.66. The Morgan fingerprint density at radius 3 is 2.96 bits per heavy atom. The van der Waals surface area contributed by atoms with Crippen LogP contribution >= 0.6 is 0 Å². The number of phenols is 1. The van der Waals surface area contributed by atoms with Crippen molar-refractivity contribution in [3.8, 4) is 11.5 Å². The Labute approximate surface area is 137 Å². The molecule has 8 nitrogen and oxygen atoms in total. The van der Waals surface area contributed by atoms with Crippen LogP contribution in [0.15, 0.2) is 34.1 Å². The van der Waals surface area contributed by atoms with Crippen LogP contribution in [0.3, 0.4) is 0 Å². The van der Waals surface area contributed by atoms with Crippen molar-refractivity contribution >= 4 is 17.4 Å². The zero-order valence-corrected chi connectivity index (χ0v) is 13.0. The number of hydrogen-bond acceptors (Lipinski definition) is 8. The van der Waals surface area contributed by atoms with Crippen LogP contribution < -0.4 is 15.4 Å². The van der Waals surface area contributed by atoms with Crippen LogP contribution in [-0.4, -0.2) is 28.3 Å². The Hall–Kier alpha value is -3.03. The van der Waals surface area contributed by atoms with Gasteiger partial charge in [-0.15, -0.1) is 0 Å². The van der Waals surface area contributed by atoms with Crippen LogP contribution in [0.2, 0.25) is 0 Å². The van der Waals surface area contributed by atoms with Gasteiger partial charge in [0.15, 0.2) is 17.3 Å². The molecule has 2 aromatic rings. The largest absolute Gasteiger partial charge is 0.504 e. The molecule has 1 unspecified atom stereocenters. The normalized spacial score (nSPS) is 19.7. The Morgan fingerprint density at radius 1 is 1.29 bits per heavy atom. The van der Waals surface area contributed by atoms with Crippen molar-refractivity contribution < 1.29 is 19.3 Å². The van der Waals surface area contributed by atoms with Crippen molar-refractivity contribution in [2.45, 2.75) is 25.3 Å². The maximum atomic E-state index is 12.6. The van der Waals surface area contributed by atoms with Gasteiger partial charge in [-0.1, -0.05) is 6.07 Å². The lowest BCUT2D eigenvalue weighted by Crippen LogP contribution is -2.23. The van der Waals surface area contributed by atoms with E-state index in [0.717, 1.165) is 24.1 Å². The molecule has 1 aromatic carbocycles. The van der Waals surface area contributed by atoms with E-state index in [-0.39, 0.29) is 11.5 Å². The highest BCUT2D eigenvalue weighted by Crippen LogP contribution is 2.40. The molecule has 0 spiro atoms. The molecule has 2 heterocycles. The monoisotopic (exact) mass is 328 g/mol. The van der Waals surface area contributed by atoms with Crippen molar-refractivity contribution in [1.82, 2.24) is 10.3 Å². The fourth-order valence-electron chi connectivity index (χ4n) is 3.17. The molecule has 0 radical (unpaired) electrons. The van der Waals surface area contributed by atoms with E-state index in [1.54, 1.807) is 18.2 Å². The third kappa shape index (κ3) is 2.27. The van der Waals surface area contributed by atoms with Gasteiger partial charge >= 0.3 is 0 Å². The SMILES string of the molecule is COc1cc(C2Nc3nonc3NC3=C2C(=O)CCC3)ccc1O. The second kappa shape index (κ2) is 5.55. The van der Waals surface area contributed by atoms with Gasteiger partial charge < -0.3 is 20.5 Å². The molecule has 0 fully saturated rings. The van der Waals surface area contributed by atoms with E-state index >= 15 is 0 Å². The fraction of sp³-hybridized carbons (Fsp3) is 0.312. The number of carbonyl (C=O) groups is 1. The van der Waals surface area contributed by atoms with Crippen LogP contribution in [-0.2, 0) is 4.79 Å². The summed E-state index contributed by atoms with van der Waals surface area (Å²) < 4.78 is 9.96. The van der Waals surface area contributed by atoms with Gasteiger partial charge in [0, 0.05) is 17.7 Å². The summed E-state index contributed by atoms with van der Waals surface area (Å²) in [7, 11) is 1.48. The zero-order chi connectivity index (χ0) is 16.7. The van der Waals surface area contributed by atoms with Crippen LogP contribution in [0.5, 0.6) is 11.5 Å². The van der Waals surface area contributed by atoms with Crippen LogP contribution in [0.25, 0.3) is 0 Å². The lowest BCUT2D eigenvalue weighted by molar-refractivity contribution is -0.116. The van der Waals surface area contributed by atoms with Gasteiger partial charge in [0.25, 0.3) is 0 Å². The van der Waals surface area contributed by atoms with Crippen LogP contribution in [0.4, 0.5) is 11.6 Å². The average Bonchev–Trinajstić information content (AvgIpc) is 2.94. The van der Waals surface area contributed by atoms with Gasteiger partial charge in [0.05, 0.1) is 13.2 Å². The maximum Gasteiger partial charge on any atom is 0.219 e. The number of carbonyl (C=O) groups excluding carboxylic acids is 1. The highest BCUT2D eigenvalue weighted by Gasteiger charge is 2.34. The lowest BCUT2D eigenvalue weighted by Gasteiger charge is -2.25. The number of ketones is 1. The quantitative estimate of drug-likeness (QED) is 0.771. The Bertz CT molecular complexity index is 842. The number of fused-ring (bicyclic) bond motifs is 1. The number of hydrogen-bond donors (Lipinski definition) is 3. The summed E-state index contributed by atoms with van der Waals surface area (Å²) in [6.07, 6.45) is 2.04. The predicted molar refractivity (Wildman–Crippen MR) is 84.8 cm³/mol. The van der Waals surface area contributed by atoms with E-state index in [1.807, 2.05) is 0 Å². The molecule has 1 aliphatic carbocycles. The molecule has 124 valence electrons. The number of benzene rings is 1. The molecule has 0 bridgehead atoms. The second-order valence-corrected chi connectivity index (χ2v) is 5.76. The van der Waals surface area contributed by atoms with Gasteiger partial charge in [-0.3, -0.25) is 4.79 Å². The third-order valence-electron chi connectivity index (χ3n) is 4.32. The smallest absolute Gasteiger partial charge is 0.219 e. The van der Waals surface area contributed by atoms with E-state index in [2.05, 4.69) is 20.9 Å². The molecule has 8 heteroatoms. The van der Waals surface area contributed by atoms with E-state index in [9.17, 15) is 9.90 Å². The molecular formula is C16H16N4O4. The topological polar surface area (TPSA) is 110 Å². The standard InChI is InChI=1S/C16H16N4O4/c1-23-12-7-8(5-6-10(12)21)14-13-9(3-2-4-11(13)22)17-15-16(18-14)20-24-19-15/h5-7,14,21H,2-4H2,1H3,(H,17,19)(H,18,20). The van der Waals surface area contributed by atoms with E-state index in [0.29, 0.717) is 29.4 Å². The van der Waals surface area contributed by atoms with Crippen LogP contribution in [0.1, 0.15) is 30.9 Å². The first-order valence-corrected chi connectivity index (χ1v) is 7.66. The second-order valence-electron chi connectivity index (χ2n) is 5.76. The van der Waals surface area contributed by atoms with Crippen molar-refractivity contribution in [1.29, 1.82) is 0 Å². The van der Waals surface area contributed by atoms with Gasteiger partial charge in [-0.2, -0.15) is 0 Å². The molecule has 1 aromatic heterocycles. The number of aromatic hydroxyl groups is 1. The number of phenolic OH excluding ortho intramolecular Hbond substituents is 1. The minimum absolute atomic E-state index is 0.0426. The molecule has 3 N–H and O–H groups in total. The maximum absolute atomic E-state index is 12.6. The van der Waals surface area contributed by atoms with Crippen molar-refractivity contribution in [2.24, 2.45) is 0 Å². The number of anilines is 2. The Balaban J connectivity index is 1.86. The van der Waals surface area contributed by atoms with Gasteiger partial charge in [-0.05, 0) is 40.9 Å². The first kappa shape index (κ1) is 14.6. The molecular weight excluding hydrogens is 312 g/mol. The molecule has 0 amide bonds. The van der Waals surface area contributed by atoms with Crippen molar-refractivity contribution in [3.05, 3.63) is 35.0 Å². The summed E-state index contributed by atoms with van der Waals surface area (Å²) in [6.45, 7) is 0. The van der Waals surface area contributed by atoms with Gasteiger partial charge in [0.1, 0.15) is 0 Å². The summed E-state index contributed by atoms with van der Waals surface area (Å²) in [5, 5.41) is 23.9. The number of methoxy groups -OCH3 is 1. The molecule has 1 atom stereocenters. The zero-order valence-electron chi connectivity index (χ0n) is 13.0. The third-order valence-corrected chi connectivity index (χ3v) is 4.32. The number of rotatable bonds is 2. The number of allylic oxidation sites excluding steroid dienone is 1. The van der Waals surface area contributed by atoms with Crippen molar-refractivity contribution in [3.63, 3.8) is 0 Å². The molecule has 2 aliphatic rings. The first-order chi connectivity index (χ1) is 11.7. The average molecular weight is 328 g/mol. The van der Waals surface area contributed by atoms with Gasteiger partial charge in [0.2, 0.25) is 11.6 Å². The van der Waals surface area contributed by atoms with E-state index < -0.39 is 6.04 Å². The minimum Gasteiger partial charge on any atom is -0.504 e. The lowest BCUT2D eigenvalue weighted by atomic mass is 9.86. The number of nitrogens with zero attached hydrogens (tertiary/aromatic N) is 2. The molecule has 0 saturated heterocycles. The Kier molecular flexibility index (Phi) is 3.37. The fourth-order valence-corrected chi connectivity index (χ4v) is 3.17. The van der Waals surface area contributed by atoms with E-state index in [4.69, 9.17) is 9.37 Å². The Morgan fingerprint density at radius 2 is 2.12 bits per heavy atom. The summed E-state index contributed by atoms with van der Waals surface area (Å²) in [5.74, 6) is 1.37. The molecule has 24 heavy (non-hydrogen) atoms. The number of nitrogens with one attached hydrogen (secondary N) is 2. The number of aromatic nitrogens is 2. The summed E-state index contributed by atoms with van der Waals surface area (Å²) in [5.41, 5.74) is 2.27. The predicted octanol–water partition coefficient (Wildman–Crippen LogP) is 2.37. The van der Waals surface area contributed by atoms with E-state index in [1.165, 1.54) is 7.11 Å². The number of ether oxygens (including phenoxy) is 1. The summed E-state index contributed by atoms with van der Waals surface area (Å²) in [4.78, 5) is 12.6. The van der Waals surface area contributed by atoms with Gasteiger partial charge in [-0.25, -0.2) is 4.63 Å². The molecule has 1 aliphatic heterocycles. The number of Topliss-reactive ketones (excluding diaryl/α,β-unsaturated/α-hetero) is 1. The highest BCUT2D eigenvalue weighted by molar-refractivity contribution is 6.00. The molecule has 4 rings (SSSR count). The summed E-state index contributed by atoms with van der Waals surface area (Å²) >= 11 is 0. The minimum atomic E-state index is -0.428. The molecule has 0 saturated carbocycles. The van der Waals surface area contributed by atoms with Crippen LogP contribution in [0, 0.1) is 0 Å². The summed E-state index contributed by atoms with van der Waals surface area (Å²) in [6, 6.07) is 4.57. The van der Waals surface area contributed by atoms with Crippen molar-refractivity contribution in [2.75, 3.05) is 17.7 Å².